The Morgan fingerprint density at radius 3 is 2.70 bits per heavy atom. The molecule has 0 spiro atoms. The predicted octanol–water partition coefficient (Wildman–Crippen LogP) is 2.73. The molecule has 0 atom stereocenters. The second-order valence-corrected chi connectivity index (χ2v) is 4.73. The second kappa shape index (κ2) is 5.17. The van der Waals surface area contributed by atoms with Crippen LogP contribution in [0.4, 0.5) is 0 Å². The van der Waals surface area contributed by atoms with Crippen LogP contribution < -0.4 is 5.32 Å². The van der Waals surface area contributed by atoms with Crippen molar-refractivity contribution in [2.24, 2.45) is 0 Å². The third-order valence-corrected chi connectivity index (χ3v) is 3.25. The molecule has 0 aliphatic carbocycles. The summed E-state index contributed by atoms with van der Waals surface area (Å²) in [5.41, 5.74) is 3.75. The smallest absolute Gasteiger partial charge is 0.252 e. The van der Waals surface area contributed by atoms with Crippen LogP contribution in [0.5, 0.6) is 0 Å². The number of fused-ring (bicyclic) bond motifs is 1. The van der Waals surface area contributed by atoms with Crippen molar-refractivity contribution in [2.75, 3.05) is 0 Å². The van der Waals surface area contributed by atoms with Crippen molar-refractivity contribution < 1.29 is 4.79 Å². The summed E-state index contributed by atoms with van der Waals surface area (Å²) in [5, 5.41) is 2.90. The molecule has 0 fully saturated rings. The van der Waals surface area contributed by atoms with E-state index in [1.165, 1.54) is 0 Å². The number of hydrogen-bond donors (Lipinski definition) is 1. The molecule has 20 heavy (non-hydrogen) atoms. The molecule has 3 aromatic rings. The molecule has 1 amide bonds. The lowest BCUT2D eigenvalue weighted by Gasteiger charge is -2.07. The molecule has 0 bridgehead atoms. The van der Waals surface area contributed by atoms with E-state index in [1.54, 1.807) is 6.33 Å². The first-order valence-electron chi connectivity index (χ1n) is 6.49. The van der Waals surface area contributed by atoms with Gasteiger partial charge in [-0.15, -0.1) is 0 Å². The number of rotatable bonds is 3. The van der Waals surface area contributed by atoms with E-state index < -0.39 is 0 Å². The maximum Gasteiger partial charge on any atom is 0.252 e. The van der Waals surface area contributed by atoms with Crippen LogP contribution in [-0.2, 0) is 6.67 Å². The van der Waals surface area contributed by atoms with Crippen molar-refractivity contribution in [1.29, 1.82) is 0 Å². The van der Waals surface area contributed by atoms with E-state index in [1.807, 2.05) is 60.0 Å². The summed E-state index contributed by atoms with van der Waals surface area (Å²) in [6.07, 6.45) is 1.74. The molecule has 0 saturated carbocycles. The number of benzene rings is 2. The average Bonchev–Trinajstić information content (AvgIpc) is 2.89. The van der Waals surface area contributed by atoms with E-state index in [-0.39, 0.29) is 5.91 Å². The lowest BCUT2D eigenvalue weighted by molar-refractivity contribution is 0.0943. The van der Waals surface area contributed by atoms with E-state index in [0.29, 0.717) is 12.2 Å². The minimum Gasteiger partial charge on any atom is -0.334 e. The Morgan fingerprint density at radius 1 is 1.15 bits per heavy atom. The van der Waals surface area contributed by atoms with Crippen LogP contribution in [0, 0.1) is 6.92 Å². The van der Waals surface area contributed by atoms with Crippen molar-refractivity contribution in [3.05, 3.63) is 66.0 Å². The van der Waals surface area contributed by atoms with Gasteiger partial charge in [-0.2, -0.15) is 0 Å². The monoisotopic (exact) mass is 265 g/mol. The molecule has 1 aromatic heterocycles. The number of carbonyl (C=O) groups is 1. The van der Waals surface area contributed by atoms with Gasteiger partial charge in [0.25, 0.3) is 5.91 Å². The Balaban J connectivity index is 1.73. The number of nitrogens with zero attached hydrogens (tertiary/aromatic N) is 2. The normalized spacial score (nSPS) is 10.7. The Bertz CT molecular complexity index is 744. The highest BCUT2D eigenvalue weighted by Crippen LogP contribution is 2.11. The highest BCUT2D eigenvalue weighted by atomic mass is 16.1. The van der Waals surface area contributed by atoms with Crippen molar-refractivity contribution in [3.8, 4) is 0 Å². The van der Waals surface area contributed by atoms with Gasteiger partial charge in [0, 0.05) is 5.56 Å². The summed E-state index contributed by atoms with van der Waals surface area (Å²) in [6, 6.07) is 15.4. The summed E-state index contributed by atoms with van der Waals surface area (Å²) in [7, 11) is 0. The van der Waals surface area contributed by atoms with Crippen LogP contribution in [0.2, 0.25) is 0 Å². The van der Waals surface area contributed by atoms with E-state index in [9.17, 15) is 4.79 Å². The molecular weight excluding hydrogens is 250 g/mol. The van der Waals surface area contributed by atoms with Crippen LogP contribution in [0.1, 0.15) is 15.9 Å². The third kappa shape index (κ3) is 2.40. The van der Waals surface area contributed by atoms with Crippen molar-refractivity contribution in [1.82, 2.24) is 14.9 Å². The topological polar surface area (TPSA) is 46.9 Å². The molecule has 0 aliphatic heterocycles. The summed E-state index contributed by atoms with van der Waals surface area (Å²) in [5.74, 6) is -0.0808. The van der Waals surface area contributed by atoms with E-state index in [0.717, 1.165) is 16.6 Å². The molecule has 2 aromatic carbocycles. The van der Waals surface area contributed by atoms with Gasteiger partial charge < -0.3 is 9.88 Å². The third-order valence-electron chi connectivity index (χ3n) is 3.25. The number of carbonyl (C=O) groups excluding carboxylic acids is 1. The first-order valence-corrected chi connectivity index (χ1v) is 6.49. The average molecular weight is 265 g/mol. The van der Waals surface area contributed by atoms with Crippen LogP contribution in [-0.4, -0.2) is 15.5 Å². The zero-order chi connectivity index (χ0) is 13.9. The van der Waals surface area contributed by atoms with Crippen LogP contribution in [0.25, 0.3) is 11.0 Å². The summed E-state index contributed by atoms with van der Waals surface area (Å²) in [6.45, 7) is 2.41. The lowest BCUT2D eigenvalue weighted by Crippen LogP contribution is -2.25. The maximum absolute atomic E-state index is 12.0. The largest absolute Gasteiger partial charge is 0.334 e. The zero-order valence-electron chi connectivity index (χ0n) is 11.2. The van der Waals surface area contributed by atoms with Gasteiger partial charge in [0.2, 0.25) is 0 Å². The minimum atomic E-state index is -0.0808. The quantitative estimate of drug-likeness (QED) is 0.791. The number of nitrogens with one attached hydrogen (secondary N) is 1. The highest BCUT2D eigenvalue weighted by molar-refractivity contribution is 5.94. The number of aromatic nitrogens is 2. The minimum absolute atomic E-state index is 0.0808. The number of aryl methyl sites for hydroxylation is 1. The molecule has 3 rings (SSSR count). The molecule has 1 N–H and O–H groups in total. The van der Waals surface area contributed by atoms with Crippen molar-refractivity contribution in [2.45, 2.75) is 13.6 Å². The first kappa shape index (κ1) is 12.4. The fourth-order valence-electron chi connectivity index (χ4n) is 2.10. The Morgan fingerprint density at radius 2 is 1.90 bits per heavy atom. The molecule has 0 aliphatic rings. The van der Waals surface area contributed by atoms with Crippen LogP contribution in [0.3, 0.4) is 0 Å². The molecule has 0 saturated heterocycles. The number of hydrogen-bond acceptors (Lipinski definition) is 2. The van der Waals surface area contributed by atoms with E-state index in [4.69, 9.17) is 0 Å². The molecule has 100 valence electrons. The fraction of sp³-hybridized carbons (Fsp3) is 0.125. The maximum atomic E-state index is 12.0. The first-order chi connectivity index (χ1) is 9.74. The van der Waals surface area contributed by atoms with Gasteiger partial charge in [0.05, 0.1) is 24.0 Å². The Kier molecular flexibility index (Phi) is 3.21. The van der Waals surface area contributed by atoms with Gasteiger partial charge in [-0.1, -0.05) is 29.8 Å². The van der Waals surface area contributed by atoms with Crippen molar-refractivity contribution >= 4 is 16.9 Å². The van der Waals surface area contributed by atoms with Crippen molar-refractivity contribution in [3.63, 3.8) is 0 Å². The highest BCUT2D eigenvalue weighted by Gasteiger charge is 2.06. The van der Waals surface area contributed by atoms with Crippen LogP contribution >= 0.6 is 0 Å². The van der Waals surface area contributed by atoms with Gasteiger partial charge in [0.15, 0.2) is 0 Å². The summed E-state index contributed by atoms with van der Waals surface area (Å²) in [4.78, 5) is 16.3. The molecule has 0 radical (unpaired) electrons. The number of amides is 1. The predicted molar refractivity (Wildman–Crippen MR) is 78.4 cm³/mol. The Labute approximate surface area is 117 Å². The van der Waals surface area contributed by atoms with Gasteiger partial charge in [0.1, 0.15) is 0 Å². The molecular formula is C16H15N3O. The second-order valence-electron chi connectivity index (χ2n) is 4.73. The number of imidazole rings is 1. The fourth-order valence-corrected chi connectivity index (χ4v) is 2.10. The van der Waals surface area contributed by atoms with Gasteiger partial charge in [-0.3, -0.25) is 4.79 Å². The van der Waals surface area contributed by atoms with E-state index >= 15 is 0 Å². The number of para-hydroxylation sites is 2. The standard InChI is InChI=1S/C16H15N3O/c1-12-6-8-13(9-7-12)16(20)18-11-19-10-17-14-4-2-3-5-15(14)19/h2-10H,11H2,1H3,(H,18,20). The van der Waals surface area contributed by atoms with E-state index in [2.05, 4.69) is 10.3 Å². The van der Waals surface area contributed by atoms with Gasteiger partial charge >= 0.3 is 0 Å². The summed E-state index contributed by atoms with van der Waals surface area (Å²) < 4.78 is 1.92. The van der Waals surface area contributed by atoms with Gasteiger partial charge in [-0.05, 0) is 31.2 Å². The zero-order valence-corrected chi connectivity index (χ0v) is 11.2. The van der Waals surface area contributed by atoms with Gasteiger partial charge in [-0.25, -0.2) is 4.98 Å². The van der Waals surface area contributed by atoms with Crippen LogP contribution in [0.15, 0.2) is 54.9 Å². The Hall–Kier alpha value is -2.62. The summed E-state index contributed by atoms with van der Waals surface area (Å²) >= 11 is 0. The molecule has 0 unspecified atom stereocenters. The SMILES string of the molecule is Cc1ccc(C(=O)NCn2cnc3ccccc32)cc1. The molecule has 4 heteroatoms. The molecule has 4 nitrogen and oxygen atoms in total. The lowest BCUT2D eigenvalue weighted by atomic mass is 10.1. The molecule has 1 heterocycles.